The molecule has 1 aliphatic rings. The number of amides is 3. The quantitative estimate of drug-likeness (QED) is 0.724. The maximum Gasteiger partial charge on any atom is 0.321 e. The van der Waals surface area contributed by atoms with Crippen LogP contribution in [0.1, 0.15) is 12.0 Å². The number of carbonyl (C=O) groups excluding carboxylic acids is 2. The van der Waals surface area contributed by atoms with Crippen LogP contribution in [-0.4, -0.2) is 29.5 Å². The summed E-state index contributed by atoms with van der Waals surface area (Å²) in [6, 6.07) is 10.9. The van der Waals surface area contributed by atoms with E-state index in [1.165, 1.54) is 23.5 Å². The highest BCUT2D eigenvalue weighted by Gasteiger charge is 2.31. The van der Waals surface area contributed by atoms with Crippen molar-refractivity contribution in [3.05, 3.63) is 53.8 Å². The summed E-state index contributed by atoms with van der Waals surface area (Å²) in [5, 5.41) is 6.04. The minimum atomic E-state index is -0.399. The number of aryl methyl sites for hydroxylation is 1. The molecule has 1 aromatic heterocycles. The van der Waals surface area contributed by atoms with E-state index in [1.54, 1.807) is 17.0 Å². The zero-order chi connectivity index (χ0) is 19.0. The molecule has 1 unspecified atom stereocenters. The van der Waals surface area contributed by atoms with E-state index in [2.05, 4.69) is 15.6 Å². The van der Waals surface area contributed by atoms with Gasteiger partial charge in [-0.15, -0.1) is 0 Å². The van der Waals surface area contributed by atoms with Crippen LogP contribution in [0.3, 0.4) is 0 Å². The molecule has 0 bridgehead atoms. The Hall–Kier alpha value is -3.00. The predicted octanol–water partition coefficient (Wildman–Crippen LogP) is 3.67. The van der Waals surface area contributed by atoms with Gasteiger partial charge in [-0.3, -0.25) is 10.1 Å². The van der Waals surface area contributed by atoms with Crippen molar-refractivity contribution in [2.75, 3.05) is 16.8 Å². The Balaban J connectivity index is 1.39. The number of urea groups is 1. The van der Waals surface area contributed by atoms with Crippen molar-refractivity contribution in [1.29, 1.82) is 0 Å². The van der Waals surface area contributed by atoms with Gasteiger partial charge in [-0.25, -0.2) is 14.2 Å². The van der Waals surface area contributed by atoms with Gasteiger partial charge < -0.3 is 10.2 Å². The van der Waals surface area contributed by atoms with E-state index in [0.29, 0.717) is 17.4 Å². The molecule has 0 radical (unpaired) electrons. The normalized spacial score (nSPS) is 16.7. The van der Waals surface area contributed by atoms with Gasteiger partial charge in [0, 0.05) is 18.7 Å². The topological polar surface area (TPSA) is 74.3 Å². The molecule has 8 heteroatoms. The number of halogens is 1. The molecule has 4 rings (SSSR count). The molecule has 0 aliphatic carbocycles. The van der Waals surface area contributed by atoms with E-state index in [0.717, 1.165) is 15.8 Å². The summed E-state index contributed by atoms with van der Waals surface area (Å²) in [5.41, 5.74) is 2.58. The first-order valence-corrected chi connectivity index (χ1v) is 9.30. The average Bonchev–Trinajstić information content (AvgIpc) is 3.17. The largest absolute Gasteiger partial charge is 0.333 e. The van der Waals surface area contributed by atoms with Crippen molar-refractivity contribution in [3.8, 4) is 0 Å². The molecule has 3 amide bonds. The van der Waals surface area contributed by atoms with Gasteiger partial charge in [0.05, 0.1) is 16.3 Å². The summed E-state index contributed by atoms with van der Waals surface area (Å²) in [5.74, 6) is -0.465. The minimum Gasteiger partial charge on any atom is -0.333 e. The fourth-order valence-electron chi connectivity index (χ4n) is 3.08. The van der Waals surface area contributed by atoms with Gasteiger partial charge in [0.25, 0.3) is 0 Å². The van der Waals surface area contributed by atoms with Gasteiger partial charge in [0.1, 0.15) is 5.82 Å². The lowest BCUT2D eigenvalue weighted by Gasteiger charge is -2.17. The summed E-state index contributed by atoms with van der Waals surface area (Å²) in [4.78, 5) is 30.4. The summed E-state index contributed by atoms with van der Waals surface area (Å²) < 4.78 is 14.1. The van der Waals surface area contributed by atoms with E-state index in [4.69, 9.17) is 0 Å². The second kappa shape index (κ2) is 6.96. The van der Waals surface area contributed by atoms with E-state index in [9.17, 15) is 14.0 Å². The Kier molecular flexibility index (Phi) is 4.49. The van der Waals surface area contributed by atoms with Crippen molar-refractivity contribution in [1.82, 2.24) is 10.3 Å². The van der Waals surface area contributed by atoms with Gasteiger partial charge in [0.2, 0.25) is 5.91 Å². The van der Waals surface area contributed by atoms with Crippen LogP contribution in [0.2, 0.25) is 0 Å². The molecule has 6 nitrogen and oxygen atoms in total. The fourth-order valence-corrected chi connectivity index (χ4v) is 4.04. The maximum absolute atomic E-state index is 13.1. The van der Waals surface area contributed by atoms with Crippen LogP contribution in [0.15, 0.2) is 42.5 Å². The lowest BCUT2D eigenvalue weighted by Crippen LogP contribution is -2.39. The zero-order valence-electron chi connectivity index (χ0n) is 14.5. The van der Waals surface area contributed by atoms with Crippen molar-refractivity contribution >= 4 is 44.3 Å². The molecular formula is C19H17FN4O2S. The second-order valence-corrected chi connectivity index (χ2v) is 7.50. The summed E-state index contributed by atoms with van der Waals surface area (Å²) in [6.45, 7) is 2.35. The van der Waals surface area contributed by atoms with Gasteiger partial charge in [-0.1, -0.05) is 17.4 Å². The first-order chi connectivity index (χ1) is 13.0. The van der Waals surface area contributed by atoms with Crippen LogP contribution in [0.25, 0.3) is 10.2 Å². The fraction of sp³-hybridized carbons (Fsp3) is 0.211. The summed E-state index contributed by atoms with van der Waals surface area (Å²) >= 11 is 1.40. The number of nitrogens with one attached hydrogen (secondary N) is 2. The van der Waals surface area contributed by atoms with Crippen LogP contribution < -0.4 is 15.5 Å². The van der Waals surface area contributed by atoms with Crippen molar-refractivity contribution < 1.29 is 14.0 Å². The smallest absolute Gasteiger partial charge is 0.321 e. The molecule has 1 aliphatic heterocycles. The molecule has 0 spiro atoms. The number of hydrogen-bond donors (Lipinski definition) is 2. The number of aromatic nitrogens is 1. The highest BCUT2D eigenvalue weighted by Crippen LogP contribution is 2.27. The maximum atomic E-state index is 13.1. The monoisotopic (exact) mass is 384 g/mol. The number of rotatable bonds is 3. The van der Waals surface area contributed by atoms with Gasteiger partial charge in [0.15, 0.2) is 5.13 Å². The lowest BCUT2D eigenvalue weighted by molar-refractivity contribution is -0.117. The van der Waals surface area contributed by atoms with E-state index >= 15 is 0 Å². The number of carbonyl (C=O) groups is 2. The third-order valence-electron chi connectivity index (χ3n) is 4.36. The zero-order valence-corrected chi connectivity index (χ0v) is 15.3. The number of fused-ring (bicyclic) bond motifs is 1. The van der Waals surface area contributed by atoms with Gasteiger partial charge in [-0.2, -0.15) is 0 Å². The third-order valence-corrected chi connectivity index (χ3v) is 5.30. The molecule has 138 valence electrons. The molecule has 0 saturated carbocycles. The summed E-state index contributed by atoms with van der Waals surface area (Å²) in [6.07, 6.45) is 0.198. The van der Waals surface area contributed by atoms with Crippen LogP contribution in [0.4, 0.5) is 20.0 Å². The van der Waals surface area contributed by atoms with Crippen LogP contribution >= 0.6 is 11.3 Å². The Bertz CT molecular complexity index is 1020. The number of benzene rings is 2. The van der Waals surface area contributed by atoms with Crippen molar-refractivity contribution in [2.45, 2.75) is 19.4 Å². The van der Waals surface area contributed by atoms with Gasteiger partial charge in [-0.05, 0) is 48.9 Å². The molecule has 1 saturated heterocycles. The molecule has 2 N–H and O–H groups in total. The second-order valence-electron chi connectivity index (χ2n) is 6.47. The predicted molar refractivity (Wildman–Crippen MR) is 104 cm³/mol. The lowest BCUT2D eigenvalue weighted by atomic mass is 10.2. The molecule has 3 aromatic rings. The number of anilines is 2. The Labute approximate surface area is 159 Å². The van der Waals surface area contributed by atoms with E-state index < -0.39 is 6.03 Å². The van der Waals surface area contributed by atoms with Crippen LogP contribution in [0, 0.1) is 12.7 Å². The summed E-state index contributed by atoms with van der Waals surface area (Å²) in [7, 11) is 0. The Morgan fingerprint density at radius 1 is 1.26 bits per heavy atom. The Morgan fingerprint density at radius 2 is 2.04 bits per heavy atom. The minimum absolute atomic E-state index is 0.109. The van der Waals surface area contributed by atoms with Crippen LogP contribution in [0.5, 0.6) is 0 Å². The van der Waals surface area contributed by atoms with E-state index in [1.807, 2.05) is 25.1 Å². The number of nitrogens with zero attached hydrogens (tertiary/aromatic N) is 2. The molecule has 1 atom stereocenters. The molecular weight excluding hydrogens is 367 g/mol. The number of hydrogen-bond acceptors (Lipinski definition) is 4. The van der Waals surface area contributed by atoms with Crippen molar-refractivity contribution in [2.24, 2.45) is 0 Å². The SMILES string of the molecule is Cc1ccc2nc(NC(=O)NC3CC(=O)N(c4ccc(F)cc4)C3)sc2c1. The standard InChI is InChI=1S/C19H17FN4O2S/c1-11-2-7-15-16(8-11)27-19(22-15)23-18(26)21-13-9-17(25)24(10-13)14-5-3-12(20)4-6-14/h2-8,13H,9-10H2,1H3,(H2,21,22,23,26). The van der Waals surface area contributed by atoms with Crippen molar-refractivity contribution in [3.63, 3.8) is 0 Å². The molecule has 2 heterocycles. The highest BCUT2D eigenvalue weighted by molar-refractivity contribution is 7.22. The van der Waals surface area contributed by atoms with Gasteiger partial charge >= 0.3 is 6.03 Å². The molecule has 1 fully saturated rings. The number of thiazole rings is 1. The first-order valence-electron chi connectivity index (χ1n) is 8.48. The highest BCUT2D eigenvalue weighted by atomic mass is 32.1. The third kappa shape index (κ3) is 3.75. The Morgan fingerprint density at radius 3 is 2.81 bits per heavy atom. The average molecular weight is 384 g/mol. The van der Waals surface area contributed by atoms with Crippen LogP contribution in [-0.2, 0) is 4.79 Å². The molecule has 2 aromatic carbocycles. The van der Waals surface area contributed by atoms with E-state index in [-0.39, 0.29) is 24.2 Å². The molecule has 27 heavy (non-hydrogen) atoms. The first kappa shape index (κ1) is 17.4.